The molecule has 0 amide bonds. The lowest BCUT2D eigenvalue weighted by atomic mass is 10.2. The summed E-state index contributed by atoms with van der Waals surface area (Å²) >= 11 is 0. The molecular weight excluding hydrogens is 220 g/mol. The molecule has 0 aromatic heterocycles. The summed E-state index contributed by atoms with van der Waals surface area (Å²) in [6.45, 7) is 4.18. The number of hydrogen-bond donors (Lipinski definition) is 0. The first-order valence-electron chi connectivity index (χ1n) is 6.37. The Labute approximate surface area is 108 Å². The molecule has 0 bridgehead atoms. The lowest BCUT2D eigenvalue weighted by Gasteiger charge is -2.37. The van der Waals surface area contributed by atoms with Crippen LogP contribution in [-0.2, 0) is 0 Å². The third kappa shape index (κ3) is 2.33. The van der Waals surface area contributed by atoms with Gasteiger partial charge in [-0.3, -0.25) is 0 Å². The van der Waals surface area contributed by atoms with Gasteiger partial charge >= 0.3 is 0 Å². The van der Waals surface area contributed by atoms with Crippen molar-refractivity contribution in [2.24, 2.45) is 0 Å². The van der Waals surface area contributed by atoms with Crippen LogP contribution in [0.1, 0.15) is 0 Å². The summed E-state index contributed by atoms with van der Waals surface area (Å²) in [5.41, 5.74) is 2.41. The molecule has 2 heteroatoms. The van der Waals surface area contributed by atoms with E-state index in [0.717, 1.165) is 26.2 Å². The SMILES string of the molecule is [c]1ccccc1N1CCN(c2[c]cccc2)CC1. The second-order valence-electron chi connectivity index (χ2n) is 4.47. The summed E-state index contributed by atoms with van der Waals surface area (Å²) in [6.07, 6.45) is 0. The monoisotopic (exact) mass is 236 g/mol. The van der Waals surface area contributed by atoms with Crippen LogP contribution in [0.15, 0.2) is 48.5 Å². The van der Waals surface area contributed by atoms with Gasteiger partial charge in [-0.05, 0) is 12.1 Å². The van der Waals surface area contributed by atoms with Crippen molar-refractivity contribution in [3.63, 3.8) is 0 Å². The first-order valence-corrected chi connectivity index (χ1v) is 6.37. The Hall–Kier alpha value is -1.96. The minimum absolute atomic E-state index is 1.04. The summed E-state index contributed by atoms with van der Waals surface area (Å²) in [4.78, 5) is 4.78. The van der Waals surface area contributed by atoms with Gasteiger partial charge in [0.2, 0.25) is 0 Å². The van der Waals surface area contributed by atoms with Gasteiger partial charge in [0.05, 0.1) is 0 Å². The van der Waals surface area contributed by atoms with Crippen molar-refractivity contribution < 1.29 is 0 Å². The second-order valence-corrected chi connectivity index (χ2v) is 4.47. The van der Waals surface area contributed by atoms with E-state index in [2.05, 4.69) is 46.2 Å². The van der Waals surface area contributed by atoms with Gasteiger partial charge in [-0.15, -0.1) is 0 Å². The van der Waals surface area contributed by atoms with Gasteiger partial charge in [-0.25, -0.2) is 0 Å². The highest BCUT2D eigenvalue weighted by Gasteiger charge is 2.17. The maximum Gasteiger partial charge on any atom is 0.0447 e. The Morgan fingerprint density at radius 1 is 0.667 bits per heavy atom. The molecule has 0 N–H and O–H groups in total. The fourth-order valence-corrected chi connectivity index (χ4v) is 2.35. The highest BCUT2D eigenvalue weighted by molar-refractivity contribution is 5.50. The Balaban J connectivity index is 1.65. The average molecular weight is 236 g/mol. The molecule has 3 rings (SSSR count). The molecule has 2 nitrogen and oxygen atoms in total. The molecule has 1 aliphatic heterocycles. The van der Waals surface area contributed by atoms with Gasteiger partial charge in [0.15, 0.2) is 0 Å². The van der Waals surface area contributed by atoms with Crippen molar-refractivity contribution in [1.29, 1.82) is 0 Å². The average Bonchev–Trinajstić information content (AvgIpc) is 2.49. The van der Waals surface area contributed by atoms with E-state index < -0.39 is 0 Å². The smallest absolute Gasteiger partial charge is 0.0447 e. The van der Waals surface area contributed by atoms with E-state index in [9.17, 15) is 0 Å². The Bertz CT molecular complexity index is 425. The van der Waals surface area contributed by atoms with Crippen LogP contribution in [0.3, 0.4) is 0 Å². The number of hydrogen-bond acceptors (Lipinski definition) is 2. The molecule has 1 saturated heterocycles. The van der Waals surface area contributed by atoms with Crippen molar-refractivity contribution in [2.75, 3.05) is 36.0 Å². The summed E-state index contributed by atoms with van der Waals surface area (Å²) < 4.78 is 0. The fraction of sp³-hybridized carbons (Fsp3) is 0.250. The van der Waals surface area contributed by atoms with Crippen molar-refractivity contribution in [3.8, 4) is 0 Å². The standard InChI is InChI=1S/C16H16N2/c1-3-7-15(8-4-1)17-11-13-18(14-12-17)16-9-5-2-6-10-16/h1-7,9H,11-14H2. The number of rotatable bonds is 2. The molecule has 2 aromatic carbocycles. The molecule has 0 atom stereocenters. The predicted octanol–water partition coefficient (Wildman–Crippen LogP) is 2.61. The quantitative estimate of drug-likeness (QED) is 0.791. The molecule has 1 aliphatic rings. The summed E-state index contributed by atoms with van der Waals surface area (Å²) in [7, 11) is 0. The molecule has 2 aromatic rings. The Morgan fingerprint density at radius 3 is 1.44 bits per heavy atom. The first kappa shape index (κ1) is 11.1. The number of para-hydroxylation sites is 2. The molecule has 1 fully saturated rings. The molecule has 0 saturated carbocycles. The minimum Gasteiger partial charge on any atom is -0.367 e. The van der Waals surface area contributed by atoms with Crippen molar-refractivity contribution in [2.45, 2.75) is 0 Å². The zero-order chi connectivity index (χ0) is 12.2. The molecule has 0 unspecified atom stereocenters. The van der Waals surface area contributed by atoms with Crippen molar-refractivity contribution in [3.05, 3.63) is 60.7 Å². The molecule has 0 aliphatic carbocycles. The maximum atomic E-state index is 3.29. The number of anilines is 2. The predicted molar refractivity (Wildman–Crippen MR) is 75.0 cm³/mol. The van der Waals surface area contributed by atoms with E-state index >= 15 is 0 Å². The van der Waals surface area contributed by atoms with E-state index in [-0.39, 0.29) is 0 Å². The van der Waals surface area contributed by atoms with Crippen LogP contribution < -0.4 is 9.80 Å². The molecular formula is C16H16N2. The normalized spacial score (nSPS) is 15.8. The van der Waals surface area contributed by atoms with E-state index in [1.165, 1.54) is 11.4 Å². The van der Waals surface area contributed by atoms with E-state index in [1.807, 2.05) is 24.3 Å². The largest absolute Gasteiger partial charge is 0.367 e. The molecule has 0 spiro atoms. The van der Waals surface area contributed by atoms with Crippen LogP contribution in [-0.4, -0.2) is 26.2 Å². The molecule has 2 radical (unpaired) electrons. The summed E-state index contributed by atoms with van der Waals surface area (Å²) in [5, 5.41) is 0. The van der Waals surface area contributed by atoms with Crippen LogP contribution in [0.4, 0.5) is 11.4 Å². The third-order valence-corrected chi connectivity index (χ3v) is 3.35. The summed E-state index contributed by atoms with van der Waals surface area (Å²) in [5.74, 6) is 0. The zero-order valence-electron chi connectivity index (χ0n) is 10.3. The van der Waals surface area contributed by atoms with Gasteiger partial charge in [-0.2, -0.15) is 0 Å². The van der Waals surface area contributed by atoms with E-state index in [1.54, 1.807) is 0 Å². The van der Waals surface area contributed by atoms with Gasteiger partial charge in [0.25, 0.3) is 0 Å². The van der Waals surface area contributed by atoms with E-state index in [4.69, 9.17) is 0 Å². The van der Waals surface area contributed by atoms with E-state index in [0.29, 0.717) is 0 Å². The van der Waals surface area contributed by atoms with Gasteiger partial charge in [-0.1, -0.05) is 36.4 Å². The number of nitrogens with zero attached hydrogens (tertiary/aromatic N) is 2. The zero-order valence-corrected chi connectivity index (χ0v) is 10.3. The van der Waals surface area contributed by atoms with Crippen molar-refractivity contribution in [1.82, 2.24) is 0 Å². The molecule has 18 heavy (non-hydrogen) atoms. The lowest BCUT2D eigenvalue weighted by molar-refractivity contribution is 0.653. The van der Waals surface area contributed by atoms with Crippen LogP contribution in [0.25, 0.3) is 0 Å². The van der Waals surface area contributed by atoms with Crippen LogP contribution in [0, 0.1) is 12.1 Å². The Kier molecular flexibility index (Phi) is 3.18. The fourth-order valence-electron chi connectivity index (χ4n) is 2.35. The highest BCUT2D eigenvalue weighted by atomic mass is 15.3. The molecule has 90 valence electrons. The summed E-state index contributed by atoms with van der Waals surface area (Å²) in [6, 6.07) is 23.0. The van der Waals surface area contributed by atoms with Crippen molar-refractivity contribution >= 4 is 11.4 Å². The lowest BCUT2D eigenvalue weighted by Crippen LogP contribution is -2.46. The van der Waals surface area contributed by atoms with Gasteiger partial charge < -0.3 is 9.80 Å². The topological polar surface area (TPSA) is 6.48 Å². The minimum atomic E-state index is 1.04. The first-order chi connectivity index (χ1) is 8.93. The molecule has 1 heterocycles. The number of piperazine rings is 1. The third-order valence-electron chi connectivity index (χ3n) is 3.35. The van der Waals surface area contributed by atoms with Gasteiger partial charge in [0.1, 0.15) is 0 Å². The van der Waals surface area contributed by atoms with Gasteiger partial charge in [0, 0.05) is 49.7 Å². The van der Waals surface area contributed by atoms with Crippen LogP contribution in [0.5, 0.6) is 0 Å². The van der Waals surface area contributed by atoms with Crippen LogP contribution >= 0.6 is 0 Å². The maximum absolute atomic E-state index is 3.29. The highest BCUT2D eigenvalue weighted by Crippen LogP contribution is 2.19. The number of benzene rings is 2. The second kappa shape index (κ2) is 5.13. The van der Waals surface area contributed by atoms with Crippen LogP contribution in [0.2, 0.25) is 0 Å². The Morgan fingerprint density at radius 2 is 1.11 bits per heavy atom.